The number of benzene rings is 1. The Kier molecular flexibility index (Phi) is 4.53. The van der Waals surface area contributed by atoms with Crippen molar-refractivity contribution in [1.82, 2.24) is 5.32 Å². The van der Waals surface area contributed by atoms with Crippen LogP contribution in [0.3, 0.4) is 0 Å². The molecule has 1 atom stereocenters. The van der Waals surface area contributed by atoms with Crippen molar-refractivity contribution in [3.8, 4) is 0 Å². The molecular formula is C16H25N3O. The lowest BCUT2D eigenvalue weighted by atomic mass is 10.1. The van der Waals surface area contributed by atoms with Crippen LogP contribution in [0.25, 0.3) is 0 Å². The third kappa shape index (κ3) is 3.65. The second-order valence-electron chi connectivity index (χ2n) is 5.93. The fourth-order valence-corrected chi connectivity index (χ4v) is 2.46. The van der Waals surface area contributed by atoms with Gasteiger partial charge in [0, 0.05) is 25.7 Å². The number of hydrogen-bond donors (Lipinski definition) is 2. The molecule has 4 heteroatoms. The maximum absolute atomic E-state index is 12.3. The van der Waals surface area contributed by atoms with Gasteiger partial charge in [-0.25, -0.2) is 0 Å². The molecule has 0 radical (unpaired) electrons. The first-order chi connectivity index (χ1) is 9.51. The fourth-order valence-electron chi connectivity index (χ4n) is 2.46. The van der Waals surface area contributed by atoms with Gasteiger partial charge >= 0.3 is 0 Å². The molecule has 1 aliphatic carbocycles. The van der Waals surface area contributed by atoms with Crippen molar-refractivity contribution in [2.45, 2.75) is 38.6 Å². The van der Waals surface area contributed by atoms with Crippen molar-refractivity contribution in [3.63, 3.8) is 0 Å². The summed E-state index contributed by atoms with van der Waals surface area (Å²) in [7, 11) is 3.88. The number of anilines is 2. The molecule has 4 nitrogen and oxygen atoms in total. The number of carbonyl (C=O) groups excluding carboxylic acids is 1. The normalized spacial score (nSPS) is 15.8. The van der Waals surface area contributed by atoms with Crippen LogP contribution in [0.1, 0.15) is 43.0 Å². The molecule has 1 aromatic rings. The maximum atomic E-state index is 12.3. The topological polar surface area (TPSA) is 58.4 Å². The van der Waals surface area contributed by atoms with Crippen LogP contribution < -0.4 is 16.0 Å². The average Bonchev–Trinajstić information content (AvgIpc) is 3.21. The second-order valence-corrected chi connectivity index (χ2v) is 5.93. The van der Waals surface area contributed by atoms with Gasteiger partial charge in [-0.1, -0.05) is 19.8 Å². The van der Waals surface area contributed by atoms with Crippen molar-refractivity contribution in [2.24, 2.45) is 5.92 Å². The molecule has 0 saturated heterocycles. The molecule has 1 aromatic carbocycles. The summed E-state index contributed by atoms with van der Waals surface area (Å²) in [6.07, 6.45) is 4.72. The quantitative estimate of drug-likeness (QED) is 0.785. The summed E-state index contributed by atoms with van der Waals surface area (Å²) in [4.78, 5) is 14.2. The molecule has 0 bridgehead atoms. The van der Waals surface area contributed by atoms with E-state index in [1.54, 1.807) is 6.07 Å². The summed E-state index contributed by atoms with van der Waals surface area (Å²) in [6, 6.07) is 5.77. The average molecular weight is 275 g/mol. The Bertz CT molecular complexity index is 481. The van der Waals surface area contributed by atoms with E-state index in [0.29, 0.717) is 11.3 Å². The molecule has 3 N–H and O–H groups in total. The van der Waals surface area contributed by atoms with Crippen LogP contribution in [-0.2, 0) is 0 Å². The van der Waals surface area contributed by atoms with Crippen molar-refractivity contribution in [1.29, 1.82) is 0 Å². The number of amides is 1. The first-order valence-electron chi connectivity index (χ1n) is 7.39. The molecular weight excluding hydrogens is 250 g/mol. The Balaban J connectivity index is 2.02. The highest BCUT2D eigenvalue weighted by molar-refractivity contribution is 5.96. The Morgan fingerprint density at radius 1 is 1.45 bits per heavy atom. The monoisotopic (exact) mass is 275 g/mol. The van der Waals surface area contributed by atoms with Gasteiger partial charge in [-0.15, -0.1) is 0 Å². The molecule has 0 aliphatic heterocycles. The van der Waals surface area contributed by atoms with E-state index in [4.69, 9.17) is 5.73 Å². The summed E-state index contributed by atoms with van der Waals surface area (Å²) in [5.41, 5.74) is 8.21. The SMILES string of the molecule is CCC(CC1CC1)NC(=O)c1ccc(N(C)C)c(N)c1. The first kappa shape index (κ1) is 14.7. The van der Waals surface area contributed by atoms with Crippen molar-refractivity contribution in [2.75, 3.05) is 24.7 Å². The summed E-state index contributed by atoms with van der Waals surface area (Å²) in [5.74, 6) is 0.802. The number of hydrogen-bond acceptors (Lipinski definition) is 3. The first-order valence-corrected chi connectivity index (χ1v) is 7.39. The molecule has 0 spiro atoms. The summed E-state index contributed by atoms with van der Waals surface area (Å²) in [6.45, 7) is 2.12. The van der Waals surface area contributed by atoms with Crippen LogP contribution >= 0.6 is 0 Å². The minimum absolute atomic E-state index is 0.0190. The molecule has 110 valence electrons. The Morgan fingerprint density at radius 3 is 2.65 bits per heavy atom. The van der Waals surface area contributed by atoms with Crippen LogP contribution in [0.2, 0.25) is 0 Å². The highest BCUT2D eigenvalue weighted by Gasteiger charge is 2.25. The Hall–Kier alpha value is -1.71. The summed E-state index contributed by atoms with van der Waals surface area (Å²) >= 11 is 0. The summed E-state index contributed by atoms with van der Waals surface area (Å²) < 4.78 is 0. The van der Waals surface area contributed by atoms with Crippen LogP contribution in [0.4, 0.5) is 11.4 Å². The number of nitrogens with two attached hydrogens (primary N) is 1. The predicted octanol–water partition coefficient (Wildman–Crippen LogP) is 2.64. The van der Waals surface area contributed by atoms with E-state index in [9.17, 15) is 4.79 Å². The lowest BCUT2D eigenvalue weighted by Gasteiger charge is -2.18. The molecule has 1 amide bonds. The van der Waals surface area contributed by atoms with E-state index >= 15 is 0 Å². The third-order valence-electron chi connectivity index (χ3n) is 3.91. The van der Waals surface area contributed by atoms with Crippen molar-refractivity contribution < 1.29 is 4.79 Å². The van der Waals surface area contributed by atoms with Crippen molar-refractivity contribution in [3.05, 3.63) is 23.8 Å². The minimum atomic E-state index is -0.0190. The Labute approximate surface area is 121 Å². The minimum Gasteiger partial charge on any atom is -0.397 e. The van der Waals surface area contributed by atoms with Crippen LogP contribution in [0, 0.1) is 5.92 Å². The van der Waals surface area contributed by atoms with Gasteiger partial charge in [0.1, 0.15) is 0 Å². The van der Waals surface area contributed by atoms with Gasteiger partial charge < -0.3 is 16.0 Å². The highest BCUT2D eigenvalue weighted by atomic mass is 16.1. The zero-order valence-electron chi connectivity index (χ0n) is 12.6. The molecule has 1 saturated carbocycles. The Morgan fingerprint density at radius 2 is 2.15 bits per heavy atom. The largest absolute Gasteiger partial charge is 0.397 e. The van der Waals surface area contributed by atoms with Gasteiger partial charge in [0.15, 0.2) is 0 Å². The van der Waals surface area contributed by atoms with Crippen LogP contribution in [0.5, 0.6) is 0 Å². The van der Waals surface area contributed by atoms with Crippen LogP contribution in [-0.4, -0.2) is 26.0 Å². The number of nitrogens with one attached hydrogen (secondary N) is 1. The molecule has 1 fully saturated rings. The number of nitrogen functional groups attached to an aromatic ring is 1. The molecule has 0 heterocycles. The molecule has 1 aliphatic rings. The highest BCUT2D eigenvalue weighted by Crippen LogP contribution is 2.34. The fraction of sp³-hybridized carbons (Fsp3) is 0.562. The van der Waals surface area contributed by atoms with Gasteiger partial charge in [-0.2, -0.15) is 0 Å². The smallest absolute Gasteiger partial charge is 0.251 e. The predicted molar refractivity (Wildman–Crippen MR) is 84.1 cm³/mol. The zero-order valence-corrected chi connectivity index (χ0v) is 12.6. The van der Waals surface area contributed by atoms with Gasteiger partial charge in [0.25, 0.3) is 5.91 Å². The molecule has 1 unspecified atom stereocenters. The van der Waals surface area contributed by atoms with Crippen molar-refractivity contribution >= 4 is 17.3 Å². The maximum Gasteiger partial charge on any atom is 0.251 e. The lowest BCUT2D eigenvalue weighted by Crippen LogP contribution is -2.34. The molecule has 0 aromatic heterocycles. The van der Waals surface area contributed by atoms with E-state index in [-0.39, 0.29) is 11.9 Å². The summed E-state index contributed by atoms with van der Waals surface area (Å²) in [5, 5.41) is 3.12. The van der Waals surface area contributed by atoms with Gasteiger partial charge in [0.05, 0.1) is 11.4 Å². The van der Waals surface area contributed by atoms with Gasteiger partial charge in [-0.3, -0.25) is 4.79 Å². The van der Waals surface area contributed by atoms with E-state index in [1.165, 1.54) is 12.8 Å². The van der Waals surface area contributed by atoms with Gasteiger partial charge in [-0.05, 0) is 37.0 Å². The zero-order chi connectivity index (χ0) is 14.7. The van der Waals surface area contributed by atoms with E-state index < -0.39 is 0 Å². The molecule has 20 heavy (non-hydrogen) atoms. The number of carbonyl (C=O) groups is 1. The second kappa shape index (κ2) is 6.16. The number of nitrogens with zero attached hydrogens (tertiary/aromatic N) is 1. The van der Waals surface area contributed by atoms with E-state index in [0.717, 1.165) is 24.4 Å². The van der Waals surface area contributed by atoms with E-state index in [2.05, 4.69) is 12.2 Å². The van der Waals surface area contributed by atoms with E-state index in [1.807, 2.05) is 31.1 Å². The third-order valence-corrected chi connectivity index (χ3v) is 3.91. The molecule has 2 rings (SSSR count). The standard InChI is InChI=1S/C16H25N3O/c1-4-13(9-11-5-6-11)18-16(20)12-7-8-15(19(2)3)14(17)10-12/h7-8,10-11,13H,4-6,9,17H2,1-3H3,(H,18,20). The van der Waals surface area contributed by atoms with Gasteiger partial charge in [0.2, 0.25) is 0 Å². The lowest BCUT2D eigenvalue weighted by molar-refractivity contribution is 0.0932. The van der Waals surface area contributed by atoms with Crippen LogP contribution in [0.15, 0.2) is 18.2 Å². The number of rotatable bonds is 6.